The standard InChI is InChI=1S/C22H25N3O2/c1-14(2)20-23-21(15(3)4)25(24-20)13-16-9-11-17(12-10-16)18-7-5-6-8-19(18)22(26)27/h5-12,14-15H,13H2,1-4H3,(H,26,27). The Hall–Kier alpha value is -2.95. The van der Waals surface area contributed by atoms with Crippen LogP contribution in [0.1, 0.15) is 67.1 Å². The van der Waals surface area contributed by atoms with Gasteiger partial charge in [0.25, 0.3) is 0 Å². The summed E-state index contributed by atoms with van der Waals surface area (Å²) in [7, 11) is 0. The lowest BCUT2D eigenvalue weighted by atomic mass is 9.99. The van der Waals surface area contributed by atoms with Crippen LogP contribution in [0.2, 0.25) is 0 Å². The molecule has 3 aromatic rings. The normalized spacial score (nSPS) is 11.3. The molecule has 1 aromatic heterocycles. The Morgan fingerprint density at radius 2 is 1.67 bits per heavy atom. The van der Waals surface area contributed by atoms with E-state index in [1.807, 2.05) is 41.1 Å². The smallest absolute Gasteiger partial charge is 0.336 e. The Kier molecular flexibility index (Phi) is 5.40. The first-order valence-corrected chi connectivity index (χ1v) is 9.23. The number of benzene rings is 2. The van der Waals surface area contributed by atoms with Crippen molar-refractivity contribution in [2.45, 2.75) is 46.1 Å². The van der Waals surface area contributed by atoms with E-state index in [1.54, 1.807) is 12.1 Å². The molecule has 0 bridgehead atoms. The molecular weight excluding hydrogens is 338 g/mol. The fraction of sp³-hybridized carbons (Fsp3) is 0.318. The number of carboxylic acid groups (broad SMARTS) is 1. The third-order valence-electron chi connectivity index (χ3n) is 4.50. The Morgan fingerprint density at radius 1 is 1.00 bits per heavy atom. The van der Waals surface area contributed by atoms with Crippen LogP contribution < -0.4 is 0 Å². The third-order valence-corrected chi connectivity index (χ3v) is 4.50. The highest BCUT2D eigenvalue weighted by atomic mass is 16.4. The van der Waals surface area contributed by atoms with Crippen molar-refractivity contribution >= 4 is 5.97 Å². The molecule has 140 valence electrons. The summed E-state index contributed by atoms with van der Waals surface area (Å²) in [6, 6.07) is 15.0. The molecule has 27 heavy (non-hydrogen) atoms. The largest absolute Gasteiger partial charge is 0.478 e. The van der Waals surface area contributed by atoms with Gasteiger partial charge in [-0.1, -0.05) is 70.2 Å². The number of rotatable bonds is 6. The van der Waals surface area contributed by atoms with Gasteiger partial charge in [-0.25, -0.2) is 14.5 Å². The Labute approximate surface area is 159 Å². The van der Waals surface area contributed by atoms with E-state index in [-0.39, 0.29) is 0 Å². The molecule has 0 aliphatic rings. The van der Waals surface area contributed by atoms with Gasteiger partial charge in [-0.05, 0) is 22.8 Å². The molecule has 0 unspecified atom stereocenters. The fourth-order valence-electron chi connectivity index (χ4n) is 3.04. The van der Waals surface area contributed by atoms with E-state index < -0.39 is 5.97 Å². The Balaban J connectivity index is 1.88. The lowest BCUT2D eigenvalue weighted by Crippen LogP contribution is -2.08. The number of nitrogens with zero attached hydrogens (tertiary/aromatic N) is 3. The Morgan fingerprint density at radius 3 is 2.26 bits per heavy atom. The number of aromatic carboxylic acids is 1. The van der Waals surface area contributed by atoms with Crippen molar-refractivity contribution in [1.82, 2.24) is 14.8 Å². The summed E-state index contributed by atoms with van der Waals surface area (Å²) in [5.41, 5.74) is 3.03. The molecule has 0 amide bonds. The lowest BCUT2D eigenvalue weighted by molar-refractivity contribution is 0.0697. The minimum Gasteiger partial charge on any atom is -0.478 e. The average Bonchev–Trinajstić information content (AvgIpc) is 3.07. The maximum Gasteiger partial charge on any atom is 0.336 e. The van der Waals surface area contributed by atoms with E-state index in [9.17, 15) is 9.90 Å². The van der Waals surface area contributed by atoms with Gasteiger partial charge in [0, 0.05) is 11.8 Å². The van der Waals surface area contributed by atoms with Gasteiger partial charge >= 0.3 is 5.97 Å². The van der Waals surface area contributed by atoms with Crippen LogP contribution >= 0.6 is 0 Å². The molecule has 1 heterocycles. The topological polar surface area (TPSA) is 68.0 Å². The number of carboxylic acids is 1. The van der Waals surface area contributed by atoms with Gasteiger partial charge < -0.3 is 5.11 Å². The zero-order valence-corrected chi connectivity index (χ0v) is 16.2. The predicted molar refractivity (Wildman–Crippen MR) is 106 cm³/mol. The van der Waals surface area contributed by atoms with Gasteiger partial charge in [0.2, 0.25) is 0 Å². The quantitative estimate of drug-likeness (QED) is 0.673. The minimum absolute atomic E-state index is 0.290. The molecule has 0 saturated carbocycles. The number of carbonyl (C=O) groups is 1. The molecule has 0 aliphatic heterocycles. The van der Waals surface area contributed by atoms with Gasteiger partial charge in [-0.3, -0.25) is 0 Å². The van der Waals surface area contributed by atoms with Crippen LogP contribution in [0.15, 0.2) is 48.5 Å². The van der Waals surface area contributed by atoms with E-state index in [1.165, 1.54) is 0 Å². The summed E-state index contributed by atoms with van der Waals surface area (Å²) in [6.45, 7) is 9.08. The third kappa shape index (κ3) is 4.08. The van der Waals surface area contributed by atoms with Crippen molar-refractivity contribution < 1.29 is 9.90 Å². The number of hydrogen-bond acceptors (Lipinski definition) is 3. The first-order chi connectivity index (χ1) is 12.9. The van der Waals surface area contributed by atoms with Gasteiger partial charge in [-0.15, -0.1) is 0 Å². The molecular formula is C22H25N3O2. The SMILES string of the molecule is CC(C)c1nc(C(C)C)n(Cc2ccc(-c3ccccc3C(=O)O)cc2)n1. The van der Waals surface area contributed by atoms with Gasteiger partial charge in [-0.2, -0.15) is 5.10 Å². The van der Waals surface area contributed by atoms with E-state index in [0.29, 0.717) is 23.9 Å². The average molecular weight is 363 g/mol. The van der Waals surface area contributed by atoms with E-state index in [4.69, 9.17) is 0 Å². The van der Waals surface area contributed by atoms with Crippen LogP contribution in [0, 0.1) is 0 Å². The highest BCUT2D eigenvalue weighted by Gasteiger charge is 2.16. The second kappa shape index (κ2) is 7.74. The van der Waals surface area contributed by atoms with Crippen LogP contribution in [-0.2, 0) is 6.54 Å². The maximum atomic E-state index is 11.4. The van der Waals surface area contributed by atoms with Crippen molar-refractivity contribution in [2.75, 3.05) is 0 Å². The Bertz CT molecular complexity index is 940. The van der Waals surface area contributed by atoms with Crippen molar-refractivity contribution in [1.29, 1.82) is 0 Å². The summed E-state index contributed by atoms with van der Waals surface area (Å²) in [6.07, 6.45) is 0. The van der Waals surface area contributed by atoms with Crippen LogP contribution in [0.25, 0.3) is 11.1 Å². The van der Waals surface area contributed by atoms with Crippen LogP contribution in [-0.4, -0.2) is 25.8 Å². The van der Waals surface area contributed by atoms with Crippen LogP contribution in [0.3, 0.4) is 0 Å². The monoisotopic (exact) mass is 363 g/mol. The highest BCUT2D eigenvalue weighted by Crippen LogP contribution is 2.25. The van der Waals surface area contributed by atoms with E-state index in [2.05, 4.69) is 37.8 Å². The van der Waals surface area contributed by atoms with Crippen molar-refractivity contribution in [2.24, 2.45) is 0 Å². The van der Waals surface area contributed by atoms with E-state index >= 15 is 0 Å². The summed E-state index contributed by atoms with van der Waals surface area (Å²) in [5, 5.41) is 14.1. The first-order valence-electron chi connectivity index (χ1n) is 9.23. The number of aromatic nitrogens is 3. The molecule has 0 fully saturated rings. The molecule has 0 aliphatic carbocycles. The van der Waals surface area contributed by atoms with E-state index in [0.717, 1.165) is 28.3 Å². The second-order valence-corrected chi connectivity index (χ2v) is 7.34. The first kappa shape index (κ1) is 18.8. The maximum absolute atomic E-state index is 11.4. The van der Waals surface area contributed by atoms with Crippen LogP contribution in [0.4, 0.5) is 0 Å². The minimum atomic E-state index is -0.917. The zero-order chi connectivity index (χ0) is 19.6. The predicted octanol–water partition coefficient (Wildman–Crippen LogP) is 4.94. The van der Waals surface area contributed by atoms with Crippen molar-refractivity contribution in [3.05, 3.63) is 71.3 Å². The van der Waals surface area contributed by atoms with Crippen molar-refractivity contribution in [3.63, 3.8) is 0 Å². The molecule has 0 radical (unpaired) electrons. The van der Waals surface area contributed by atoms with Gasteiger partial charge in [0.05, 0.1) is 12.1 Å². The van der Waals surface area contributed by atoms with Gasteiger partial charge in [0.15, 0.2) is 5.82 Å². The molecule has 5 heteroatoms. The van der Waals surface area contributed by atoms with Crippen molar-refractivity contribution in [3.8, 4) is 11.1 Å². The molecule has 0 atom stereocenters. The van der Waals surface area contributed by atoms with Gasteiger partial charge in [0.1, 0.15) is 5.82 Å². The number of hydrogen-bond donors (Lipinski definition) is 1. The second-order valence-electron chi connectivity index (χ2n) is 7.34. The summed E-state index contributed by atoms with van der Waals surface area (Å²) in [4.78, 5) is 16.1. The lowest BCUT2D eigenvalue weighted by Gasteiger charge is -2.10. The zero-order valence-electron chi connectivity index (χ0n) is 16.2. The molecule has 0 saturated heterocycles. The molecule has 5 nitrogen and oxygen atoms in total. The summed E-state index contributed by atoms with van der Waals surface area (Å²) in [5.74, 6) is 1.52. The molecule has 3 rings (SSSR count). The highest BCUT2D eigenvalue weighted by molar-refractivity contribution is 5.95. The summed E-state index contributed by atoms with van der Waals surface area (Å²) >= 11 is 0. The van der Waals surface area contributed by atoms with Crippen LogP contribution in [0.5, 0.6) is 0 Å². The molecule has 1 N–H and O–H groups in total. The molecule has 0 spiro atoms. The fourth-order valence-corrected chi connectivity index (χ4v) is 3.04. The molecule has 2 aromatic carbocycles. The summed E-state index contributed by atoms with van der Waals surface area (Å²) < 4.78 is 1.97.